The van der Waals surface area contributed by atoms with Crippen molar-refractivity contribution in [1.29, 1.82) is 0 Å². The van der Waals surface area contributed by atoms with Gasteiger partial charge < -0.3 is 61.6 Å². The van der Waals surface area contributed by atoms with Gasteiger partial charge in [-0.1, -0.05) is 143 Å². The second-order valence-electron chi connectivity index (χ2n) is 19.6. The normalized spacial score (nSPS) is 25.0. The molecule has 0 radical (unpaired) electrons. The lowest BCUT2D eigenvalue weighted by Gasteiger charge is -2.51. The molecule has 7 aromatic carbocycles. The summed E-state index contributed by atoms with van der Waals surface area (Å²) in [5.41, 5.74) is 4.98. The molecule has 422 valence electrons. The Labute approximate surface area is 493 Å². The van der Waals surface area contributed by atoms with Crippen LogP contribution in [0.15, 0.2) is 170 Å². The maximum atomic E-state index is 14.6. The fraction of sp³-hybridized carbons (Fsp3) is 0.306. The monoisotopic (exact) mass is 1200 g/mol. The van der Waals surface area contributed by atoms with Crippen LogP contribution in [0.4, 0.5) is 0 Å². The standard InChI is InChI=1S/C62H55Cl5O14/c63-44-17-6-37(7-18-44)29-69-34-51-53(70-30-38-8-19-45(64)20-9-38)55(71-31-39-10-21-46(65)22-11-39)57(72-32-40-12-23-47(66)24-13-40)62(78-51)81-56-54-52(35-74-60(80-54)43-4-2-1-3-5-43)77-61(58(56)79-59(68)42-15-25-48(67)26-16-42)73-33-41-14-27-49-50(28-41)76-36-75-49/h1-28,51-58,60-62H,29-36H2/t51-,52-,53+,54+,55+,56+,57-,58-,60?,61-,62-/m1/s1. The Morgan fingerprint density at radius 2 is 0.988 bits per heavy atom. The number of carbonyl (C=O) groups excluding carboxylic acids is 1. The highest BCUT2D eigenvalue weighted by molar-refractivity contribution is 6.31. The van der Waals surface area contributed by atoms with Gasteiger partial charge in [0.25, 0.3) is 0 Å². The molecule has 11 rings (SSSR count). The van der Waals surface area contributed by atoms with E-state index in [9.17, 15) is 4.79 Å². The van der Waals surface area contributed by atoms with Gasteiger partial charge in [-0.05, 0) is 113 Å². The molecule has 0 bridgehead atoms. The van der Waals surface area contributed by atoms with Crippen LogP contribution < -0.4 is 9.47 Å². The number of carbonyl (C=O) groups is 1. The lowest BCUT2D eigenvalue weighted by atomic mass is 9.95. The first-order chi connectivity index (χ1) is 39.5. The van der Waals surface area contributed by atoms with Gasteiger partial charge in [-0.25, -0.2) is 4.79 Å². The van der Waals surface area contributed by atoms with E-state index < -0.39 is 73.7 Å². The summed E-state index contributed by atoms with van der Waals surface area (Å²) in [6.45, 7) is 0.545. The van der Waals surface area contributed by atoms with Gasteiger partial charge in [0.2, 0.25) is 6.79 Å². The molecule has 0 N–H and O–H groups in total. The first kappa shape index (κ1) is 57.5. The number of benzene rings is 7. The van der Waals surface area contributed by atoms with Gasteiger partial charge in [0.15, 0.2) is 36.5 Å². The van der Waals surface area contributed by atoms with Crippen LogP contribution in [0.2, 0.25) is 25.1 Å². The van der Waals surface area contributed by atoms with Crippen LogP contribution >= 0.6 is 58.0 Å². The predicted molar refractivity (Wildman–Crippen MR) is 301 cm³/mol. The van der Waals surface area contributed by atoms with E-state index in [1.54, 1.807) is 78.9 Å². The Bertz CT molecular complexity index is 3140. The van der Waals surface area contributed by atoms with E-state index in [-0.39, 0.29) is 58.6 Å². The minimum Gasteiger partial charge on any atom is -0.454 e. The summed E-state index contributed by atoms with van der Waals surface area (Å²) in [4.78, 5) is 14.6. The first-order valence-corrected chi connectivity index (χ1v) is 28.1. The number of rotatable bonds is 21. The van der Waals surface area contributed by atoms with Crippen LogP contribution in [0.5, 0.6) is 11.5 Å². The highest BCUT2D eigenvalue weighted by Gasteiger charge is 2.57. The van der Waals surface area contributed by atoms with Gasteiger partial charge in [-0.3, -0.25) is 0 Å². The van der Waals surface area contributed by atoms with Gasteiger partial charge in [0.1, 0.15) is 42.7 Å². The van der Waals surface area contributed by atoms with Crippen LogP contribution in [0.25, 0.3) is 0 Å². The molecule has 4 aliphatic rings. The zero-order valence-electron chi connectivity index (χ0n) is 43.3. The molecular formula is C62H55Cl5O14. The minimum atomic E-state index is -1.36. The maximum absolute atomic E-state index is 14.6. The topological polar surface area (TPSA) is 137 Å². The predicted octanol–water partition coefficient (Wildman–Crippen LogP) is 13.3. The van der Waals surface area contributed by atoms with Crippen LogP contribution in [0, 0.1) is 0 Å². The quantitative estimate of drug-likeness (QED) is 0.0631. The number of halogens is 5. The average Bonchev–Trinajstić information content (AvgIpc) is 3.98. The zero-order valence-corrected chi connectivity index (χ0v) is 47.1. The number of ether oxygens (including phenoxy) is 13. The summed E-state index contributed by atoms with van der Waals surface area (Å²) in [7, 11) is 0. The molecule has 0 spiro atoms. The second-order valence-corrected chi connectivity index (χ2v) is 21.8. The number of hydrogen-bond acceptors (Lipinski definition) is 14. The van der Waals surface area contributed by atoms with E-state index in [4.69, 9.17) is 120 Å². The summed E-state index contributed by atoms with van der Waals surface area (Å²) >= 11 is 31.7. The Morgan fingerprint density at radius 3 is 1.59 bits per heavy atom. The maximum Gasteiger partial charge on any atom is 0.338 e. The van der Waals surface area contributed by atoms with Gasteiger partial charge in [-0.2, -0.15) is 0 Å². The fourth-order valence-electron chi connectivity index (χ4n) is 9.76. The molecular weight excluding hydrogens is 1150 g/mol. The van der Waals surface area contributed by atoms with E-state index in [0.29, 0.717) is 36.6 Å². The van der Waals surface area contributed by atoms with E-state index >= 15 is 0 Å². The van der Waals surface area contributed by atoms with Gasteiger partial charge in [0, 0.05) is 30.7 Å². The molecule has 0 saturated carbocycles. The average molecular weight is 1200 g/mol. The third-order valence-corrected chi connectivity index (χ3v) is 15.2. The van der Waals surface area contributed by atoms with E-state index in [0.717, 1.165) is 33.4 Å². The van der Waals surface area contributed by atoms with Crippen molar-refractivity contribution in [3.8, 4) is 11.5 Å². The fourth-order valence-corrected chi connectivity index (χ4v) is 10.4. The zero-order chi connectivity index (χ0) is 55.7. The summed E-state index contributed by atoms with van der Waals surface area (Å²) in [5.74, 6) is 0.442. The van der Waals surface area contributed by atoms with Crippen LogP contribution in [-0.4, -0.2) is 87.4 Å². The van der Waals surface area contributed by atoms with E-state index in [2.05, 4.69) is 0 Å². The molecule has 19 heteroatoms. The molecule has 11 atom stereocenters. The molecule has 4 heterocycles. The summed E-state index contributed by atoms with van der Waals surface area (Å²) < 4.78 is 86.9. The van der Waals surface area contributed by atoms with Crippen molar-refractivity contribution in [1.82, 2.24) is 0 Å². The van der Waals surface area contributed by atoms with Crippen molar-refractivity contribution in [2.24, 2.45) is 0 Å². The Balaban J connectivity index is 1.00. The third kappa shape index (κ3) is 14.9. The highest BCUT2D eigenvalue weighted by Crippen LogP contribution is 2.41. The number of esters is 1. The smallest absolute Gasteiger partial charge is 0.338 e. The summed E-state index contributed by atoms with van der Waals surface area (Å²) in [6, 6.07) is 50.6. The van der Waals surface area contributed by atoms with E-state index in [1.807, 2.05) is 91.0 Å². The lowest BCUT2D eigenvalue weighted by molar-refractivity contribution is -0.397. The molecule has 0 amide bonds. The molecule has 3 saturated heterocycles. The molecule has 14 nitrogen and oxygen atoms in total. The van der Waals surface area contributed by atoms with Crippen molar-refractivity contribution >= 4 is 64.0 Å². The summed E-state index contributed by atoms with van der Waals surface area (Å²) in [6.07, 6.45) is -11.8. The molecule has 0 aliphatic carbocycles. The van der Waals surface area contributed by atoms with Crippen molar-refractivity contribution in [3.63, 3.8) is 0 Å². The number of fused-ring (bicyclic) bond motifs is 2. The molecule has 4 aliphatic heterocycles. The van der Waals surface area contributed by atoms with Gasteiger partial charge >= 0.3 is 5.97 Å². The highest BCUT2D eigenvalue weighted by atomic mass is 35.5. The molecule has 1 unspecified atom stereocenters. The largest absolute Gasteiger partial charge is 0.454 e. The second kappa shape index (κ2) is 27.4. The molecule has 0 aromatic heterocycles. The van der Waals surface area contributed by atoms with Crippen molar-refractivity contribution in [2.45, 2.75) is 101 Å². The van der Waals surface area contributed by atoms with Crippen LogP contribution in [-0.2, 0) is 85.1 Å². The van der Waals surface area contributed by atoms with Crippen molar-refractivity contribution < 1.29 is 66.4 Å². The molecule has 3 fully saturated rings. The first-order valence-electron chi connectivity index (χ1n) is 26.2. The Morgan fingerprint density at radius 1 is 0.469 bits per heavy atom. The molecule has 7 aromatic rings. The van der Waals surface area contributed by atoms with E-state index in [1.165, 1.54) is 0 Å². The Hall–Kier alpha value is -5.34. The van der Waals surface area contributed by atoms with Crippen molar-refractivity contribution in [2.75, 3.05) is 20.0 Å². The lowest BCUT2D eigenvalue weighted by Crippen LogP contribution is -2.67. The van der Waals surface area contributed by atoms with Crippen LogP contribution in [0.1, 0.15) is 50.0 Å². The Kier molecular flexibility index (Phi) is 19.4. The molecule has 81 heavy (non-hydrogen) atoms. The van der Waals surface area contributed by atoms with Crippen molar-refractivity contribution in [3.05, 3.63) is 234 Å². The van der Waals surface area contributed by atoms with Gasteiger partial charge in [0.05, 0.1) is 51.8 Å². The van der Waals surface area contributed by atoms with Crippen LogP contribution in [0.3, 0.4) is 0 Å². The minimum absolute atomic E-state index is 0.0121. The SMILES string of the molecule is O=C(O[C@H]1[C@H](OCc2ccc3c(c2)OCO3)O[C@@H]2COC(c3ccccc3)O[C@@H]2[C@@H]1O[C@H]1O[C@H](COCc2ccc(Cl)cc2)[C@H](OCc2ccc(Cl)cc2)[C@H](OCc2ccc(Cl)cc2)[C@H]1OCc1ccc(Cl)cc1)c1ccc(Cl)cc1. The summed E-state index contributed by atoms with van der Waals surface area (Å²) in [5, 5.41) is 2.71. The number of hydrogen-bond donors (Lipinski definition) is 0. The third-order valence-electron chi connectivity index (χ3n) is 13.9. The van der Waals surface area contributed by atoms with Gasteiger partial charge in [-0.15, -0.1) is 0 Å².